The van der Waals surface area contributed by atoms with Gasteiger partial charge in [0.05, 0.1) is 17.2 Å². The molecule has 0 spiro atoms. The lowest BCUT2D eigenvalue weighted by Crippen LogP contribution is -2.46. The number of fused-ring (bicyclic) bond motifs is 1. The second-order valence-corrected chi connectivity index (χ2v) is 11.0. The second-order valence-electron chi connectivity index (χ2n) is 11.0. The van der Waals surface area contributed by atoms with E-state index in [-0.39, 0.29) is 30.8 Å². The normalized spacial score (nSPS) is 14.7. The van der Waals surface area contributed by atoms with Crippen molar-refractivity contribution in [1.82, 2.24) is 19.1 Å². The van der Waals surface area contributed by atoms with Crippen molar-refractivity contribution in [3.8, 4) is 0 Å². The minimum atomic E-state index is -0.861. The first-order valence-electron chi connectivity index (χ1n) is 14.8. The van der Waals surface area contributed by atoms with Gasteiger partial charge >= 0.3 is 6.16 Å². The molecule has 1 aliphatic heterocycles. The molecule has 0 saturated carbocycles. The van der Waals surface area contributed by atoms with Gasteiger partial charge in [0.25, 0.3) is 5.56 Å². The van der Waals surface area contributed by atoms with Gasteiger partial charge in [-0.15, -0.1) is 0 Å². The van der Waals surface area contributed by atoms with Gasteiger partial charge in [-0.3, -0.25) is 4.79 Å². The van der Waals surface area contributed by atoms with Crippen LogP contribution in [-0.4, -0.2) is 51.4 Å². The molecule has 1 saturated heterocycles. The maximum Gasteiger partial charge on any atom is 0.510 e. The number of rotatable bonds is 9. The van der Waals surface area contributed by atoms with Crippen molar-refractivity contribution in [2.75, 3.05) is 29.9 Å². The van der Waals surface area contributed by atoms with Gasteiger partial charge in [-0.05, 0) is 48.9 Å². The molecule has 6 rings (SSSR count). The fourth-order valence-electron chi connectivity index (χ4n) is 5.77. The van der Waals surface area contributed by atoms with Gasteiger partial charge < -0.3 is 23.8 Å². The molecular weight excluding hydrogens is 563 g/mol. The highest BCUT2D eigenvalue weighted by Gasteiger charge is 2.28. The molecule has 2 aromatic carbocycles. The Balaban J connectivity index is 1.13. The molecule has 0 unspecified atom stereocenters. The number of imidazole rings is 1. The number of hydrogen-bond donors (Lipinski definition) is 0. The summed E-state index contributed by atoms with van der Waals surface area (Å²) in [5, 5.41) is 2.10. The molecule has 1 aliphatic carbocycles. The number of anilines is 2. The van der Waals surface area contributed by atoms with Crippen LogP contribution in [0, 0.1) is 5.82 Å². The van der Waals surface area contributed by atoms with E-state index in [9.17, 15) is 14.0 Å². The third-order valence-electron chi connectivity index (χ3n) is 8.15. The quantitative estimate of drug-likeness (QED) is 0.271. The first kappa shape index (κ1) is 29.2. The molecule has 0 radical (unpaired) electrons. The van der Waals surface area contributed by atoms with E-state index in [1.807, 2.05) is 54.4 Å². The highest BCUT2D eigenvalue weighted by molar-refractivity contribution is 5.59. The summed E-state index contributed by atoms with van der Waals surface area (Å²) in [6.07, 6.45) is 8.57. The lowest BCUT2D eigenvalue weighted by atomic mass is 10.0. The topological polar surface area (TPSA) is 94.7 Å². The van der Waals surface area contributed by atoms with Crippen LogP contribution in [0.15, 0.2) is 71.7 Å². The molecule has 10 nitrogen and oxygen atoms in total. The van der Waals surface area contributed by atoms with Crippen LogP contribution in [0.2, 0.25) is 0 Å². The smallest absolute Gasteiger partial charge is 0.429 e. The van der Waals surface area contributed by atoms with E-state index >= 15 is 0 Å². The van der Waals surface area contributed by atoms with Gasteiger partial charge in [-0.1, -0.05) is 54.6 Å². The standard InChI is InChI=1S/C33H35FN6O4/c1-37(31-35-18-15-30(41)40(31)23-44-33(42)43-22-25-7-3-2-4-8-25)27-16-19-38(20-17-27)32-36-28-9-5-6-10-29(28)39(32)21-24-11-13-26(34)14-12-24/h2-4,7-15,18,27H,5-6,16-17,19-23H2,1H3. The van der Waals surface area contributed by atoms with Crippen molar-refractivity contribution < 1.29 is 18.7 Å². The lowest BCUT2D eigenvalue weighted by molar-refractivity contribution is 0.0282. The number of aromatic nitrogens is 4. The van der Waals surface area contributed by atoms with E-state index < -0.39 is 6.16 Å². The van der Waals surface area contributed by atoms with Crippen molar-refractivity contribution in [1.29, 1.82) is 0 Å². The van der Waals surface area contributed by atoms with Gasteiger partial charge in [-0.25, -0.2) is 23.7 Å². The van der Waals surface area contributed by atoms with Crippen molar-refractivity contribution >= 4 is 30.2 Å². The van der Waals surface area contributed by atoms with E-state index in [0.717, 1.165) is 66.5 Å². The van der Waals surface area contributed by atoms with E-state index in [4.69, 9.17) is 14.5 Å². The Morgan fingerprint density at radius 3 is 2.48 bits per heavy atom. The second kappa shape index (κ2) is 13.2. The summed E-state index contributed by atoms with van der Waals surface area (Å²) in [5.74, 6) is 1.08. The summed E-state index contributed by atoms with van der Waals surface area (Å²) in [6, 6.07) is 17.4. The van der Waals surface area contributed by atoms with Crippen LogP contribution in [0.3, 0.4) is 0 Å². The zero-order chi connectivity index (χ0) is 30.5. The fraction of sp³-hybridized carbons (Fsp3) is 0.333. The van der Waals surface area contributed by atoms with Crippen molar-refractivity contribution in [3.63, 3.8) is 0 Å². The third kappa shape index (κ3) is 6.51. The van der Waals surface area contributed by atoms with Gasteiger partial charge in [0.2, 0.25) is 11.9 Å². The van der Waals surface area contributed by atoms with Gasteiger partial charge in [0.1, 0.15) is 12.4 Å². The monoisotopic (exact) mass is 598 g/mol. The maximum atomic E-state index is 13.6. The minimum Gasteiger partial charge on any atom is -0.429 e. The van der Waals surface area contributed by atoms with E-state index in [1.54, 1.807) is 0 Å². The van der Waals surface area contributed by atoms with E-state index in [0.29, 0.717) is 12.5 Å². The molecule has 228 valence electrons. The van der Waals surface area contributed by atoms with Crippen LogP contribution in [0.25, 0.3) is 12.2 Å². The summed E-state index contributed by atoms with van der Waals surface area (Å²) in [7, 11) is 1.91. The predicted octanol–water partition coefficient (Wildman–Crippen LogP) is 3.40. The molecule has 0 N–H and O–H groups in total. The first-order chi connectivity index (χ1) is 21.5. The Hall–Kier alpha value is -4.93. The average molecular weight is 599 g/mol. The molecule has 0 atom stereocenters. The number of benzene rings is 2. The number of carbonyl (C=O) groups is 1. The zero-order valence-electron chi connectivity index (χ0n) is 24.6. The highest BCUT2D eigenvalue weighted by Crippen LogP contribution is 2.23. The Bertz CT molecular complexity index is 1780. The number of piperidine rings is 1. The summed E-state index contributed by atoms with van der Waals surface area (Å²) in [6.45, 7) is 1.89. The molecule has 3 heterocycles. The Morgan fingerprint density at radius 2 is 1.70 bits per heavy atom. The third-order valence-corrected chi connectivity index (χ3v) is 8.15. The van der Waals surface area contributed by atoms with Gasteiger partial charge in [0, 0.05) is 38.4 Å². The summed E-state index contributed by atoms with van der Waals surface area (Å²) >= 11 is 0. The molecule has 4 aromatic rings. The van der Waals surface area contributed by atoms with Crippen molar-refractivity contribution in [2.45, 2.75) is 51.6 Å². The minimum absolute atomic E-state index is 0.0775. The van der Waals surface area contributed by atoms with Crippen LogP contribution < -0.4 is 26.1 Å². The first-order valence-corrected chi connectivity index (χ1v) is 14.8. The largest absolute Gasteiger partial charge is 0.510 e. The Labute approximate surface area is 254 Å². The van der Waals surface area contributed by atoms with Crippen LogP contribution in [-0.2, 0) is 29.4 Å². The summed E-state index contributed by atoms with van der Waals surface area (Å²) in [5.41, 5.74) is 1.53. The number of ether oxygens (including phenoxy) is 2. The Morgan fingerprint density at radius 1 is 0.955 bits per heavy atom. The Kier molecular flexibility index (Phi) is 8.71. The molecule has 1 fully saturated rings. The van der Waals surface area contributed by atoms with Crippen molar-refractivity contribution in [2.24, 2.45) is 0 Å². The number of halogens is 1. The van der Waals surface area contributed by atoms with Crippen molar-refractivity contribution in [3.05, 3.63) is 105 Å². The molecule has 44 heavy (non-hydrogen) atoms. The summed E-state index contributed by atoms with van der Waals surface area (Å²) < 4.78 is 27.6. The maximum absolute atomic E-state index is 13.6. The van der Waals surface area contributed by atoms with Crippen LogP contribution in [0.1, 0.15) is 36.8 Å². The number of hydrogen-bond acceptors (Lipinski definition) is 8. The molecular formula is C33H35FN6O4. The average Bonchev–Trinajstić information content (AvgIpc) is 3.42. The van der Waals surface area contributed by atoms with E-state index in [2.05, 4.69) is 26.6 Å². The highest BCUT2D eigenvalue weighted by atomic mass is 19.1. The lowest BCUT2D eigenvalue weighted by Gasteiger charge is -2.38. The summed E-state index contributed by atoms with van der Waals surface area (Å²) in [4.78, 5) is 38.8. The molecule has 0 bridgehead atoms. The molecule has 2 aliphatic rings. The molecule has 0 amide bonds. The van der Waals surface area contributed by atoms with Gasteiger partial charge in [0.15, 0.2) is 6.73 Å². The number of nitrogens with zero attached hydrogens (tertiary/aromatic N) is 6. The van der Waals surface area contributed by atoms with Crippen LogP contribution >= 0.6 is 0 Å². The van der Waals surface area contributed by atoms with E-state index in [1.165, 1.54) is 29.0 Å². The fourth-order valence-corrected chi connectivity index (χ4v) is 5.77. The molecule has 2 aromatic heterocycles. The predicted molar refractivity (Wildman–Crippen MR) is 165 cm³/mol. The zero-order valence-corrected chi connectivity index (χ0v) is 24.6. The molecule has 11 heteroatoms. The van der Waals surface area contributed by atoms with Crippen LogP contribution in [0.5, 0.6) is 0 Å². The SMILES string of the molecule is CN(c1nccc(=O)n1COC(=O)OCc1ccccc1)C1CCN(c2nc3c(n2Cc2ccc(F)cc2)=CCCC=3)CC1. The van der Waals surface area contributed by atoms with Crippen LogP contribution in [0.4, 0.5) is 21.1 Å². The van der Waals surface area contributed by atoms with Gasteiger partial charge in [-0.2, -0.15) is 0 Å². The number of carbonyl (C=O) groups excluding carboxylic acids is 1.